The number of methoxy groups -OCH3 is 1. The Morgan fingerprint density at radius 2 is 1.85 bits per heavy atom. The number of hydrogen-bond acceptors (Lipinski definition) is 2. The van der Waals surface area contributed by atoms with Gasteiger partial charge in [-0.15, -0.1) is 0 Å². The van der Waals surface area contributed by atoms with Crippen LogP contribution >= 0.6 is 0 Å². The molecule has 0 amide bonds. The highest BCUT2D eigenvalue weighted by atomic mass is 16.5. The van der Waals surface area contributed by atoms with Gasteiger partial charge in [-0.05, 0) is 38.8 Å². The molecule has 0 aliphatic rings. The number of hydrogen-bond donors (Lipinski definition) is 1. The van der Waals surface area contributed by atoms with Crippen molar-refractivity contribution in [3.8, 4) is 0 Å². The van der Waals surface area contributed by atoms with E-state index in [1.54, 1.807) is 0 Å². The van der Waals surface area contributed by atoms with Gasteiger partial charge in [0.15, 0.2) is 0 Å². The van der Waals surface area contributed by atoms with Crippen molar-refractivity contribution < 1.29 is 4.74 Å². The van der Waals surface area contributed by atoms with E-state index in [4.69, 9.17) is 4.74 Å². The Balaban J connectivity index is 3.17. The molecule has 0 aromatic rings. The first-order chi connectivity index (χ1) is 6.35. The summed E-state index contributed by atoms with van der Waals surface area (Å²) in [6.07, 6.45) is 6.56. The van der Waals surface area contributed by atoms with Crippen molar-refractivity contribution in [3.63, 3.8) is 0 Å². The predicted octanol–water partition coefficient (Wildman–Crippen LogP) is 2.58. The zero-order chi connectivity index (χ0) is 9.94. The third-order valence-electron chi connectivity index (χ3n) is 2.25. The molecule has 0 bridgehead atoms. The average molecular weight is 187 g/mol. The van der Waals surface area contributed by atoms with Crippen LogP contribution in [-0.2, 0) is 4.74 Å². The van der Waals surface area contributed by atoms with Gasteiger partial charge >= 0.3 is 0 Å². The molecular weight excluding hydrogens is 162 g/mol. The van der Waals surface area contributed by atoms with Gasteiger partial charge in [-0.3, -0.25) is 0 Å². The van der Waals surface area contributed by atoms with Gasteiger partial charge in [0.25, 0.3) is 0 Å². The molecule has 1 unspecified atom stereocenters. The minimum absolute atomic E-state index is 0.480. The van der Waals surface area contributed by atoms with Crippen molar-refractivity contribution in [1.82, 2.24) is 5.32 Å². The maximum Gasteiger partial charge on any atom is 0.0571 e. The van der Waals surface area contributed by atoms with Gasteiger partial charge in [-0.1, -0.05) is 20.3 Å². The first kappa shape index (κ1) is 12.9. The molecule has 0 heterocycles. The average Bonchev–Trinajstić information content (AvgIpc) is 2.16. The third-order valence-corrected chi connectivity index (χ3v) is 2.25. The number of ether oxygens (including phenoxy) is 1. The molecule has 2 nitrogen and oxygen atoms in total. The van der Waals surface area contributed by atoms with Crippen LogP contribution in [0.15, 0.2) is 0 Å². The summed E-state index contributed by atoms with van der Waals surface area (Å²) in [7, 11) is 1.82. The lowest BCUT2D eigenvalue weighted by atomic mass is 10.1. The SMILES string of the molecule is CCCNCCCC(CCC)OC. The van der Waals surface area contributed by atoms with Crippen molar-refractivity contribution in [3.05, 3.63) is 0 Å². The van der Waals surface area contributed by atoms with Crippen LogP contribution in [0.5, 0.6) is 0 Å². The second-order valence-electron chi connectivity index (χ2n) is 3.54. The van der Waals surface area contributed by atoms with Crippen LogP contribution in [0.1, 0.15) is 46.0 Å². The fourth-order valence-electron chi connectivity index (χ4n) is 1.46. The first-order valence-electron chi connectivity index (χ1n) is 5.58. The summed E-state index contributed by atoms with van der Waals surface area (Å²) in [5, 5.41) is 3.40. The smallest absolute Gasteiger partial charge is 0.0571 e. The maximum atomic E-state index is 5.37. The summed E-state index contributed by atoms with van der Waals surface area (Å²) >= 11 is 0. The summed E-state index contributed by atoms with van der Waals surface area (Å²) in [5.41, 5.74) is 0. The van der Waals surface area contributed by atoms with E-state index >= 15 is 0 Å². The van der Waals surface area contributed by atoms with E-state index in [0.717, 1.165) is 13.1 Å². The van der Waals surface area contributed by atoms with Crippen molar-refractivity contribution in [1.29, 1.82) is 0 Å². The Labute approximate surface area is 83.1 Å². The zero-order valence-corrected chi connectivity index (χ0v) is 9.44. The van der Waals surface area contributed by atoms with Crippen LogP contribution in [0.25, 0.3) is 0 Å². The molecule has 80 valence electrons. The normalized spacial score (nSPS) is 13.2. The zero-order valence-electron chi connectivity index (χ0n) is 9.44. The highest BCUT2D eigenvalue weighted by Gasteiger charge is 2.04. The molecule has 13 heavy (non-hydrogen) atoms. The van der Waals surface area contributed by atoms with Crippen LogP contribution in [0.4, 0.5) is 0 Å². The lowest BCUT2D eigenvalue weighted by molar-refractivity contribution is 0.0856. The van der Waals surface area contributed by atoms with E-state index in [-0.39, 0.29) is 0 Å². The Hall–Kier alpha value is -0.0800. The molecular formula is C11H25NO. The minimum atomic E-state index is 0.480. The summed E-state index contributed by atoms with van der Waals surface area (Å²) in [6.45, 7) is 6.69. The molecule has 2 heteroatoms. The molecule has 1 atom stereocenters. The third kappa shape index (κ3) is 8.26. The van der Waals surface area contributed by atoms with Crippen LogP contribution in [0.3, 0.4) is 0 Å². The molecule has 1 N–H and O–H groups in total. The lowest BCUT2D eigenvalue weighted by Gasteiger charge is -2.13. The highest BCUT2D eigenvalue weighted by molar-refractivity contribution is 4.58. The van der Waals surface area contributed by atoms with Gasteiger partial charge in [0.1, 0.15) is 0 Å². The fourth-order valence-corrected chi connectivity index (χ4v) is 1.46. The first-order valence-corrected chi connectivity index (χ1v) is 5.58. The molecule has 0 fully saturated rings. The fraction of sp³-hybridized carbons (Fsp3) is 1.00. The highest BCUT2D eigenvalue weighted by Crippen LogP contribution is 2.07. The van der Waals surface area contributed by atoms with Gasteiger partial charge in [0.2, 0.25) is 0 Å². The molecule has 0 rings (SSSR count). The van der Waals surface area contributed by atoms with E-state index in [1.165, 1.54) is 32.1 Å². The van der Waals surface area contributed by atoms with Gasteiger partial charge in [-0.2, -0.15) is 0 Å². The predicted molar refractivity (Wildman–Crippen MR) is 58.1 cm³/mol. The Bertz CT molecular complexity index is 96.1. The van der Waals surface area contributed by atoms with E-state index in [1.807, 2.05) is 7.11 Å². The van der Waals surface area contributed by atoms with Crippen LogP contribution in [0.2, 0.25) is 0 Å². The van der Waals surface area contributed by atoms with Crippen molar-refractivity contribution in [2.24, 2.45) is 0 Å². The van der Waals surface area contributed by atoms with Crippen LogP contribution in [-0.4, -0.2) is 26.3 Å². The quantitative estimate of drug-likeness (QED) is 0.560. The van der Waals surface area contributed by atoms with E-state index < -0.39 is 0 Å². The van der Waals surface area contributed by atoms with Crippen LogP contribution < -0.4 is 5.32 Å². The monoisotopic (exact) mass is 187 g/mol. The summed E-state index contributed by atoms with van der Waals surface area (Å²) in [5.74, 6) is 0. The molecule has 0 aliphatic carbocycles. The Kier molecular flexibility index (Phi) is 9.94. The van der Waals surface area contributed by atoms with Gasteiger partial charge in [0.05, 0.1) is 6.10 Å². The Morgan fingerprint density at radius 3 is 2.38 bits per heavy atom. The van der Waals surface area contributed by atoms with E-state index in [2.05, 4.69) is 19.2 Å². The van der Waals surface area contributed by atoms with E-state index in [0.29, 0.717) is 6.10 Å². The summed E-state index contributed by atoms with van der Waals surface area (Å²) < 4.78 is 5.37. The van der Waals surface area contributed by atoms with E-state index in [9.17, 15) is 0 Å². The number of rotatable bonds is 9. The topological polar surface area (TPSA) is 21.3 Å². The second kappa shape index (κ2) is 10.0. The molecule has 0 aromatic carbocycles. The maximum absolute atomic E-state index is 5.37. The van der Waals surface area contributed by atoms with Gasteiger partial charge in [0, 0.05) is 7.11 Å². The summed E-state index contributed by atoms with van der Waals surface area (Å²) in [4.78, 5) is 0. The van der Waals surface area contributed by atoms with Gasteiger partial charge in [-0.25, -0.2) is 0 Å². The van der Waals surface area contributed by atoms with Crippen molar-refractivity contribution in [2.45, 2.75) is 52.1 Å². The Morgan fingerprint density at radius 1 is 1.08 bits per heavy atom. The molecule has 0 saturated carbocycles. The standard InChI is InChI=1S/C11H25NO/c1-4-7-11(13-3)8-6-10-12-9-5-2/h11-12H,4-10H2,1-3H3. The van der Waals surface area contributed by atoms with Crippen molar-refractivity contribution >= 4 is 0 Å². The van der Waals surface area contributed by atoms with Crippen molar-refractivity contribution in [2.75, 3.05) is 20.2 Å². The molecule has 0 saturated heterocycles. The molecule has 0 aromatic heterocycles. The molecule has 0 aliphatic heterocycles. The second-order valence-corrected chi connectivity index (χ2v) is 3.54. The lowest BCUT2D eigenvalue weighted by Crippen LogP contribution is -2.18. The largest absolute Gasteiger partial charge is 0.381 e. The number of nitrogens with one attached hydrogen (secondary N) is 1. The minimum Gasteiger partial charge on any atom is -0.381 e. The van der Waals surface area contributed by atoms with Crippen LogP contribution in [0, 0.1) is 0 Å². The molecule has 0 radical (unpaired) electrons. The summed E-state index contributed by atoms with van der Waals surface area (Å²) in [6, 6.07) is 0. The van der Waals surface area contributed by atoms with Gasteiger partial charge < -0.3 is 10.1 Å². The molecule has 0 spiro atoms.